The van der Waals surface area contributed by atoms with Gasteiger partial charge in [0.05, 0.1) is 17.5 Å². The number of alkyl halides is 3. The van der Waals surface area contributed by atoms with Crippen molar-refractivity contribution in [3.05, 3.63) is 29.6 Å². The van der Waals surface area contributed by atoms with E-state index < -0.39 is 31.0 Å². The molecular weight excluding hydrogens is 265 g/mol. The number of halogens is 3. The summed E-state index contributed by atoms with van der Waals surface area (Å²) in [5.41, 5.74) is -0.529. The number of carboxylic acid groups (broad SMARTS) is 1. The Morgan fingerprint density at radius 1 is 1.37 bits per heavy atom. The second-order valence-electron chi connectivity index (χ2n) is 3.82. The van der Waals surface area contributed by atoms with Gasteiger partial charge in [0.25, 0.3) is 5.91 Å². The molecular formula is C11H11F3N2O3. The van der Waals surface area contributed by atoms with Crippen LogP contribution in [0.25, 0.3) is 0 Å². The molecule has 19 heavy (non-hydrogen) atoms. The fourth-order valence-corrected chi connectivity index (χ4v) is 1.35. The summed E-state index contributed by atoms with van der Waals surface area (Å²) in [5.74, 6) is -2.15. The second kappa shape index (κ2) is 5.68. The molecule has 0 bridgehead atoms. The number of rotatable bonds is 4. The minimum Gasteiger partial charge on any atom is -0.478 e. The molecule has 104 valence electrons. The highest BCUT2D eigenvalue weighted by atomic mass is 19.4. The average Bonchev–Trinajstić information content (AvgIpc) is 2.34. The van der Waals surface area contributed by atoms with Crippen LogP contribution in [0, 0.1) is 0 Å². The SMILES string of the molecule is CN(CCC(F)(F)F)C(=O)c1ccncc1C(=O)O. The van der Waals surface area contributed by atoms with E-state index in [1.807, 2.05) is 0 Å². The standard InChI is InChI=1S/C11H11F3N2O3/c1-16(5-3-11(12,13)14)9(17)7-2-4-15-6-8(7)10(18)19/h2,4,6H,3,5H2,1H3,(H,18,19). The monoisotopic (exact) mass is 276 g/mol. The zero-order valence-corrected chi connectivity index (χ0v) is 9.94. The number of hydrogen-bond donors (Lipinski definition) is 1. The molecule has 0 fully saturated rings. The Morgan fingerprint density at radius 3 is 2.53 bits per heavy atom. The van der Waals surface area contributed by atoms with Crippen LogP contribution < -0.4 is 0 Å². The van der Waals surface area contributed by atoms with Gasteiger partial charge in [0.1, 0.15) is 0 Å². The first-order valence-electron chi connectivity index (χ1n) is 5.22. The minimum absolute atomic E-state index is 0.188. The number of carboxylic acids is 1. The van der Waals surface area contributed by atoms with Gasteiger partial charge in [0, 0.05) is 26.0 Å². The van der Waals surface area contributed by atoms with E-state index in [4.69, 9.17) is 5.11 Å². The lowest BCUT2D eigenvalue weighted by Crippen LogP contribution is -2.31. The van der Waals surface area contributed by atoms with Crippen LogP contribution in [0.5, 0.6) is 0 Å². The van der Waals surface area contributed by atoms with Crippen molar-refractivity contribution in [1.29, 1.82) is 0 Å². The first-order valence-corrected chi connectivity index (χ1v) is 5.22. The van der Waals surface area contributed by atoms with Crippen molar-refractivity contribution in [2.75, 3.05) is 13.6 Å². The molecule has 0 aliphatic carbocycles. The van der Waals surface area contributed by atoms with Gasteiger partial charge in [-0.1, -0.05) is 0 Å². The fourth-order valence-electron chi connectivity index (χ4n) is 1.35. The smallest absolute Gasteiger partial charge is 0.390 e. The highest BCUT2D eigenvalue weighted by molar-refractivity contribution is 6.04. The predicted molar refractivity (Wildman–Crippen MR) is 58.8 cm³/mol. The van der Waals surface area contributed by atoms with Crippen molar-refractivity contribution in [3.63, 3.8) is 0 Å². The number of hydrogen-bond acceptors (Lipinski definition) is 3. The van der Waals surface area contributed by atoms with Gasteiger partial charge in [-0.25, -0.2) is 4.79 Å². The van der Waals surface area contributed by atoms with Crippen LogP contribution in [0.1, 0.15) is 27.1 Å². The normalized spacial score (nSPS) is 11.2. The van der Waals surface area contributed by atoms with E-state index in [-0.39, 0.29) is 11.1 Å². The summed E-state index contributed by atoms with van der Waals surface area (Å²) < 4.78 is 36.1. The molecule has 0 radical (unpaired) electrons. The lowest BCUT2D eigenvalue weighted by Gasteiger charge is -2.18. The third-order valence-corrected chi connectivity index (χ3v) is 2.36. The molecule has 0 saturated heterocycles. The molecule has 1 amide bonds. The molecule has 0 saturated carbocycles. The van der Waals surface area contributed by atoms with Crippen LogP contribution in [0.4, 0.5) is 13.2 Å². The Kier molecular flexibility index (Phi) is 4.47. The van der Waals surface area contributed by atoms with Crippen molar-refractivity contribution < 1.29 is 27.9 Å². The Hall–Kier alpha value is -2.12. The molecule has 0 aliphatic rings. The molecule has 0 unspecified atom stereocenters. The Balaban J connectivity index is 2.86. The molecule has 1 aromatic heterocycles. The summed E-state index contributed by atoms with van der Waals surface area (Å²) in [6.45, 7) is -0.538. The largest absolute Gasteiger partial charge is 0.478 e. The maximum atomic E-state index is 12.0. The molecule has 1 rings (SSSR count). The van der Waals surface area contributed by atoms with E-state index in [2.05, 4.69) is 4.98 Å². The van der Waals surface area contributed by atoms with Gasteiger partial charge in [-0.2, -0.15) is 13.2 Å². The van der Waals surface area contributed by atoms with Gasteiger partial charge >= 0.3 is 12.1 Å². The third kappa shape index (κ3) is 4.23. The van der Waals surface area contributed by atoms with Crippen molar-refractivity contribution in [3.8, 4) is 0 Å². The number of aromatic nitrogens is 1. The first kappa shape index (κ1) is 14.9. The Morgan fingerprint density at radius 2 is 2.00 bits per heavy atom. The first-order chi connectivity index (χ1) is 8.72. The highest BCUT2D eigenvalue weighted by Gasteiger charge is 2.29. The molecule has 0 spiro atoms. The van der Waals surface area contributed by atoms with Crippen LogP contribution in [0.2, 0.25) is 0 Å². The van der Waals surface area contributed by atoms with Gasteiger partial charge in [0.2, 0.25) is 0 Å². The molecule has 5 nitrogen and oxygen atoms in total. The van der Waals surface area contributed by atoms with Gasteiger partial charge in [-0.3, -0.25) is 9.78 Å². The molecule has 0 aromatic carbocycles. The number of carbonyl (C=O) groups is 2. The van der Waals surface area contributed by atoms with Crippen LogP contribution in [0.15, 0.2) is 18.5 Å². The molecule has 8 heteroatoms. The maximum Gasteiger partial charge on any atom is 0.390 e. The van der Waals surface area contributed by atoms with E-state index in [0.717, 1.165) is 17.2 Å². The zero-order valence-electron chi connectivity index (χ0n) is 9.94. The lowest BCUT2D eigenvalue weighted by atomic mass is 10.1. The number of nitrogens with zero attached hydrogens (tertiary/aromatic N) is 2. The molecule has 1 heterocycles. The summed E-state index contributed by atoms with van der Waals surface area (Å²) in [5, 5.41) is 8.86. The van der Waals surface area contributed by atoms with Crippen LogP contribution in [0.3, 0.4) is 0 Å². The molecule has 0 aliphatic heterocycles. The van der Waals surface area contributed by atoms with Crippen molar-refractivity contribution in [2.24, 2.45) is 0 Å². The summed E-state index contributed by atoms with van der Waals surface area (Å²) in [6.07, 6.45) is -3.34. The zero-order chi connectivity index (χ0) is 14.6. The summed E-state index contributed by atoms with van der Waals surface area (Å²) >= 11 is 0. The molecule has 1 aromatic rings. The highest BCUT2D eigenvalue weighted by Crippen LogP contribution is 2.20. The third-order valence-electron chi connectivity index (χ3n) is 2.36. The Labute approximate surface area is 106 Å². The fraction of sp³-hybridized carbons (Fsp3) is 0.364. The van der Waals surface area contributed by atoms with E-state index in [1.54, 1.807) is 0 Å². The summed E-state index contributed by atoms with van der Waals surface area (Å²) in [4.78, 5) is 27.1. The van der Waals surface area contributed by atoms with Gasteiger partial charge in [-0.05, 0) is 6.07 Å². The van der Waals surface area contributed by atoms with E-state index in [1.165, 1.54) is 13.2 Å². The number of pyridine rings is 1. The summed E-state index contributed by atoms with van der Waals surface area (Å²) in [6, 6.07) is 1.16. The van der Waals surface area contributed by atoms with Gasteiger partial charge in [-0.15, -0.1) is 0 Å². The number of amides is 1. The van der Waals surface area contributed by atoms with Crippen LogP contribution >= 0.6 is 0 Å². The lowest BCUT2D eigenvalue weighted by molar-refractivity contribution is -0.136. The average molecular weight is 276 g/mol. The van der Waals surface area contributed by atoms with Crippen LogP contribution in [-0.4, -0.2) is 46.6 Å². The number of carbonyl (C=O) groups excluding carboxylic acids is 1. The summed E-state index contributed by atoms with van der Waals surface area (Å²) in [7, 11) is 1.18. The predicted octanol–water partition coefficient (Wildman–Crippen LogP) is 1.80. The van der Waals surface area contributed by atoms with E-state index >= 15 is 0 Å². The maximum absolute atomic E-state index is 12.0. The number of aromatic carboxylic acids is 1. The van der Waals surface area contributed by atoms with Crippen molar-refractivity contribution in [2.45, 2.75) is 12.6 Å². The Bertz CT molecular complexity index is 488. The molecule has 1 N–H and O–H groups in total. The van der Waals surface area contributed by atoms with E-state index in [0.29, 0.717) is 0 Å². The van der Waals surface area contributed by atoms with E-state index in [9.17, 15) is 22.8 Å². The quantitative estimate of drug-likeness (QED) is 0.910. The topological polar surface area (TPSA) is 70.5 Å². The van der Waals surface area contributed by atoms with Gasteiger partial charge in [0.15, 0.2) is 0 Å². The van der Waals surface area contributed by atoms with Crippen molar-refractivity contribution >= 4 is 11.9 Å². The molecule has 0 atom stereocenters. The van der Waals surface area contributed by atoms with Gasteiger partial charge < -0.3 is 10.0 Å². The minimum atomic E-state index is -4.37. The second-order valence-corrected chi connectivity index (χ2v) is 3.82. The van der Waals surface area contributed by atoms with Crippen LogP contribution in [-0.2, 0) is 0 Å². The van der Waals surface area contributed by atoms with Crippen molar-refractivity contribution in [1.82, 2.24) is 9.88 Å².